The van der Waals surface area contributed by atoms with Crippen LogP contribution in [-0.2, 0) is 11.2 Å². The number of nitrogens with one attached hydrogen (secondary N) is 3. The van der Waals surface area contributed by atoms with Crippen LogP contribution < -0.4 is 31.5 Å². The molecule has 4 N–H and O–H groups in total. The van der Waals surface area contributed by atoms with Crippen molar-refractivity contribution in [2.45, 2.75) is 25.8 Å². The standard InChI is InChI=1S/C24H25N3O6/c1-3-12-25-19-20(22(29)21(19)28)27-18(24(31)32)13-14-4-8-16(9-5-14)26-23(30)15-6-10-17(33-2)11-7-15/h4-11,18,25,27H,3,12-13H2,1-2H3,(H,26,30)(H,31,32). The third-order valence-electron chi connectivity index (χ3n) is 5.08. The molecule has 1 atom stereocenters. The molecule has 0 spiro atoms. The lowest BCUT2D eigenvalue weighted by molar-refractivity contribution is -0.137. The van der Waals surface area contributed by atoms with Crippen LogP contribution in [0.15, 0.2) is 58.1 Å². The van der Waals surface area contributed by atoms with Crippen LogP contribution in [0.5, 0.6) is 5.75 Å². The lowest BCUT2D eigenvalue weighted by Gasteiger charge is -2.20. The fourth-order valence-corrected chi connectivity index (χ4v) is 3.23. The molecule has 0 saturated carbocycles. The SMILES string of the molecule is CCCNc1c(NC(Cc2ccc(NC(=O)c3ccc(OC)cc3)cc2)C(=O)O)c(=O)c1=O. The number of anilines is 3. The molecule has 0 bridgehead atoms. The normalized spacial score (nSPS) is 11.6. The van der Waals surface area contributed by atoms with Gasteiger partial charge in [-0.05, 0) is 48.4 Å². The summed E-state index contributed by atoms with van der Waals surface area (Å²) in [6, 6.07) is 12.3. The number of carbonyl (C=O) groups is 2. The summed E-state index contributed by atoms with van der Waals surface area (Å²) in [5.74, 6) is -0.793. The first kappa shape index (κ1) is 23.5. The Labute approximate surface area is 190 Å². The van der Waals surface area contributed by atoms with Crippen molar-refractivity contribution in [3.63, 3.8) is 0 Å². The van der Waals surface area contributed by atoms with E-state index in [1.807, 2.05) is 6.92 Å². The van der Waals surface area contributed by atoms with Gasteiger partial charge in [0.1, 0.15) is 23.2 Å². The van der Waals surface area contributed by atoms with Crippen LogP contribution in [0.3, 0.4) is 0 Å². The molecule has 3 rings (SSSR count). The number of hydrogen-bond donors (Lipinski definition) is 4. The monoisotopic (exact) mass is 451 g/mol. The van der Waals surface area contributed by atoms with E-state index in [1.165, 1.54) is 0 Å². The van der Waals surface area contributed by atoms with Crippen molar-refractivity contribution in [2.24, 2.45) is 0 Å². The molecular weight excluding hydrogens is 426 g/mol. The summed E-state index contributed by atoms with van der Waals surface area (Å²) in [7, 11) is 1.55. The van der Waals surface area contributed by atoms with Crippen LogP contribution in [0.1, 0.15) is 29.3 Å². The summed E-state index contributed by atoms with van der Waals surface area (Å²) >= 11 is 0. The number of carboxylic acids is 1. The zero-order valence-corrected chi connectivity index (χ0v) is 18.3. The zero-order chi connectivity index (χ0) is 24.0. The Kier molecular flexibility index (Phi) is 7.45. The number of carboxylic acid groups (broad SMARTS) is 1. The highest BCUT2D eigenvalue weighted by Crippen LogP contribution is 2.19. The summed E-state index contributed by atoms with van der Waals surface area (Å²) in [6.07, 6.45) is 0.829. The van der Waals surface area contributed by atoms with Crippen molar-refractivity contribution in [3.8, 4) is 5.75 Å². The second kappa shape index (κ2) is 10.4. The molecule has 9 heteroatoms. The van der Waals surface area contributed by atoms with Crippen molar-refractivity contribution >= 4 is 28.9 Å². The minimum atomic E-state index is -1.15. The number of carbonyl (C=O) groups excluding carboxylic acids is 1. The van der Waals surface area contributed by atoms with E-state index in [-0.39, 0.29) is 23.7 Å². The Hall–Kier alpha value is -4.14. The first-order valence-electron chi connectivity index (χ1n) is 10.4. The van der Waals surface area contributed by atoms with E-state index in [0.29, 0.717) is 29.1 Å². The topological polar surface area (TPSA) is 134 Å². The maximum Gasteiger partial charge on any atom is 0.326 e. The van der Waals surface area contributed by atoms with E-state index >= 15 is 0 Å². The first-order chi connectivity index (χ1) is 15.8. The molecule has 1 amide bonds. The van der Waals surface area contributed by atoms with Crippen molar-refractivity contribution in [1.82, 2.24) is 0 Å². The Morgan fingerprint density at radius 2 is 1.61 bits per heavy atom. The minimum absolute atomic E-state index is 0.00391. The summed E-state index contributed by atoms with van der Waals surface area (Å²) in [4.78, 5) is 47.8. The quantitative estimate of drug-likeness (QED) is 0.327. The van der Waals surface area contributed by atoms with E-state index in [9.17, 15) is 24.3 Å². The van der Waals surface area contributed by atoms with Crippen molar-refractivity contribution < 1.29 is 19.4 Å². The second-order valence-corrected chi connectivity index (χ2v) is 7.45. The smallest absolute Gasteiger partial charge is 0.326 e. The summed E-state index contributed by atoms with van der Waals surface area (Å²) in [6.45, 7) is 2.41. The number of amides is 1. The number of hydrogen-bond acceptors (Lipinski definition) is 7. The van der Waals surface area contributed by atoms with Gasteiger partial charge in [0.2, 0.25) is 0 Å². The summed E-state index contributed by atoms with van der Waals surface area (Å²) < 4.78 is 5.08. The minimum Gasteiger partial charge on any atom is -0.497 e. The predicted molar refractivity (Wildman–Crippen MR) is 126 cm³/mol. The lowest BCUT2D eigenvalue weighted by Crippen LogP contribution is -2.42. The molecule has 33 heavy (non-hydrogen) atoms. The number of methoxy groups -OCH3 is 1. The van der Waals surface area contributed by atoms with Crippen LogP contribution in [0.2, 0.25) is 0 Å². The molecule has 1 unspecified atom stereocenters. The third kappa shape index (κ3) is 5.57. The van der Waals surface area contributed by atoms with Crippen LogP contribution in [0, 0.1) is 0 Å². The van der Waals surface area contributed by atoms with E-state index in [4.69, 9.17) is 4.74 Å². The summed E-state index contributed by atoms with van der Waals surface area (Å²) in [5.41, 5.74) is 0.458. The Morgan fingerprint density at radius 1 is 0.970 bits per heavy atom. The molecular formula is C24H25N3O6. The molecule has 3 aromatic carbocycles. The van der Waals surface area contributed by atoms with Crippen LogP contribution in [0.4, 0.5) is 17.1 Å². The largest absolute Gasteiger partial charge is 0.497 e. The molecule has 0 heterocycles. The van der Waals surface area contributed by atoms with Gasteiger partial charge in [0.25, 0.3) is 16.8 Å². The number of benzene rings is 2. The lowest BCUT2D eigenvalue weighted by atomic mass is 10.0. The molecule has 0 saturated heterocycles. The Morgan fingerprint density at radius 3 is 2.18 bits per heavy atom. The fraction of sp³-hybridized carbons (Fsp3) is 0.250. The number of rotatable bonds is 11. The second-order valence-electron chi connectivity index (χ2n) is 7.45. The van der Waals surface area contributed by atoms with Gasteiger partial charge in [-0.3, -0.25) is 14.4 Å². The molecule has 0 aliphatic carbocycles. The van der Waals surface area contributed by atoms with Crippen molar-refractivity contribution in [2.75, 3.05) is 29.6 Å². The Bertz CT molecular complexity index is 1190. The van der Waals surface area contributed by atoms with Gasteiger partial charge in [-0.15, -0.1) is 0 Å². The van der Waals surface area contributed by atoms with E-state index in [0.717, 1.165) is 6.42 Å². The molecule has 172 valence electrons. The van der Waals surface area contributed by atoms with Gasteiger partial charge >= 0.3 is 5.97 Å². The van der Waals surface area contributed by atoms with E-state index in [2.05, 4.69) is 16.0 Å². The van der Waals surface area contributed by atoms with Crippen molar-refractivity contribution in [1.29, 1.82) is 0 Å². The van der Waals surface area contributed by atoms with Gasteiger partial charge in [0.05, 0.1) is 7.11 Å². The highest BCUT2D eigenvalue weighted by atomic mass is 16.5. The molecule has 0 radical (unpaired) electrons. The van der Waals surface area contributed by atoms with Crippen LogP contribution >= 0.6 is 0 Å². The first-order valence-corrected chi connectivity index (χ1v) is 10.4. The van der Waals surface area contributed by atoms with Gasteiger partial charge in [-0.1, -0.05) is 19.1 Å². The van der Waals surface area contributed by atoms with Crippen LogP contribution in [0.25, 0.3) is 0 Å². The van der Waals surface area contributed by atoms with Gasteiger partial charge in [0, 0.05) is 24.2 Å². The highest BCUT2D eigenvalue weighted by molar-refractivity contribution is 6.04. The predicted octanol–water partition coefficient (Wildman–Crippen LogP) is 2.47. The maximum absolute atomic E-state index is 12.4. The Balaban J connectivity index is 1.65. The number of aliphatic carboxylic acids is 1. The van der Waals surface area contributed by atoms with Crippen molar-refractivity contribution in [3.05, 3.63) is 80.1 Å². The zero-order valence-electron chi connectivity index (χ0n) is 18.3. The van der Waals surface area contributed by atoms with Gasteiger partial charge in [-0.2, -0.15) is 0 Å². The third-order valence-corrected chi connectivity index (χ3v) is 5.08. The fourth-order valence-electron chi connectivity index (χ4n) is 3.23. The molecule has 3 aromatic rings. The number of ether oxygens (including phenoxy) is 1. The van der Waals surface area contributed by atoms with Gasteiger partial charge in [0.15, 0.2) is 0 Å². The van der Waals surface area contributed by atoms with Gasteiger partial charge in [-0.25, -0.2) is 4.79 Å². The van der Waals surface area contributed by atoms with Gasteiger partial charge < -0.3 is 25.8 Å². The maximum atomic E-state index is 12.4. The molecule has 0 aliphatic rings. The van der Waals surface area contributed by atoms with Crippen LogP contribution in [-0.4, -0.2) is 36.7 Å². The molecule has 9 nitrogen and oxygen atoms in total. The van der Waals surface area contributed by atoms with E-state index in [1.54, 1.807) is 55.6 Å². The average molecular weight is 451 g/mol. The molecule has 0 fully saturated rings. The highest BCUT2D eigenvalue weighted by Gasteiger charge is 2.26. The average Bonchev–Trinajstić information content (AvgIpc) is 2.83. The van der Waals surface area contributed by atoms with E-state index < -0.39 is 22.9 Å². The molecule has 0 aliphatic heterocycles. The molecule has 0 aromatic heterocycles. The summed E-state index contributed by atoms with van der Waals surface area (Å²) in [5, 5.41) is 17.9.